The summed E-state index contributed by atoms with van der Waals surface area (Å²) in [7, 11) is 0. The number of esters is 1. The second kappa shape index (κ2) is 7.43. The lowest BCUT2D eigenvalue weighted by Gasteiger charge is -2.20. The Morgan fingerprint density at radius 3 is 2.38 bits per heavy atom. The number of nitrogens with one attached hydrogen (secondary N) is 1. The van der Waals surface area contributed by atoms with E-state index in [4.69, 9.17) is 4.74 Å². The van der Waals surface area contributed by atoms with Gasteiger partial charge in [-0.25, -0.2) is 0 Å². The molecule has 5 nitrogen and oxygen atoms in total. The quantitative estimate of drug-likeness (QED) is 0.643. The molecule has 1 aliphatic rings. The molecule has 5 heteroatoms. The second-order valence-corrected chi connectivity index (χ2v) is 6.55. The molecule has 2 rings (SSSR count). The van der Waals surface area contributed by atoms with E-state index in [2.05, 4.69) is 39.1 Å². The van der Waals surface area contributed by atoms with Crippen molar-refractivity contribution in [2.45, 2.75) is 52.6 Å². The molecule has 0 unspecified atom stereocenters. The second-order valence-electron chi connectivity index (χ2n) is 6.55. The molecule has 0 saturated carbocycles. The van der Waals surface area contributed by atoms with Crippen LogP contribution in [-0.2, 0) is 25.7 Å². The van der Waals surface area contributed by atoms with Crippen LogP contribution < -0.4 is 5.32 Å². The van der Waals surface area contributed by atoms with E-state index in [9.17, 15) is 14.4 Å². The van der Waals surface area contributed by atoms with Crippen LogP contribution in [0.3, 0.4) is 0 Å². The molecule has 24 heavy (non-hydrogen) atoms. The van der Waals surface area contributed by atoms with Crippen LogP contribution in [0.1, 0.15) is 62.6 Å². The average molecular weight is 329 g/mol. The van der Waals surface area contributed by atoms with Gasteiger partial charge < -0.3 is 4.74 Å². The first-order chi connectivity index (χ1) is 11.3. The van der Waals surface area contributed by atoms with E-state index in [1.807, 2.05) is 12.1 Å². The average Bonchev–Trinajstić information content (AvgIpc) is 2.82. The maximum absolute atomic E-state index is 12.0. The highest BCUT2D eigenvalue weighted by atomic mass is 16.5. The van der Waals surface area contributed by atoms with Crippen molar-refractivity contribution in [2.24, 2.45) is 0 Å². The SMILES string of the molecule is CC(C)c1cccc(COC(=O)CC2=CC(=O)NC2=O)c1C(C)C. The van der Waals surface area contributed by atoms with Gasteiger partial charge in [0, 0.05) is 11.6 Å². The summed E-state index contributed by atoms with van der Waals surface area (Å²) in [4.78, 5) is 34.5. The normalized spacial score (nSPS) is 14.2. The van der Waals surface area contributed by atoms with Gasteiger partial charge in [-0.2, -0.15) is 0 Å². The zero-order valence-corrected chi connectivity index (χ0v) is 14.5. The molecule has 1 heterocycles. The Morgan fingerprint density at radius 1 is 1.12 bits per heavy atom. The van der Waals surface area contributed by atoms with Gasteiger partial charge in [0.2, 0.25) is 0 Å². The number of hydrogen-bond acceptors (Lipinski definition) is 4. The first kappa shape index (κ1) is 17.9. The fourth-order valence-corrected chi connectivity index (χ4v) is 2.91. The number of hydrogen-bond donors (Lipinski definition) is 1. The molecule has 1 N–H and O–H groups in total. The molecule has 0 bridgehead atoms. The lowest BCUT2D eigenvalue weighted by Crippen LogP contribution is -2.23. The fraction of sp³-hybridized carbons (Fsp3) is 0.421. The van der Waals surface area contributed by atoms with Crippen LogP contribution in [0.15, 0.2) is 29.8 Å². The largest absolute Gasteiger partial charge is 0.461 e. The minimum atomic E-state index is -0.526. The molecule has 0 saturated heterocycles. The summed E-state index contributed by atoms with van der Waals surface area (Å²) in [6.45, 7) is 8.67. The first-order valence-electron chi connectivity index (χ1n) is 8.12. The Kier molecular flexibility index (Phi) is 5.54. The van der Waals surface area contributed by atoms with Gasteiger partial charge in [0.15, 0.2) is 0 Å². The molecule has 1 aliphatic heterocycles. The third kappa shape index (κ3) is 4.10. The van der Waals surface area contributed by atoms with Crippen molar-refractivity contribution in [1.29, 1.82) is 0 Å². The Balaban J connectivity index is 2.08. The van der Waals surface area contributed by atoms with Crippen molar-refractivity contribution in [3.63, 3.8) is 0 Å². The van der Waals surface area contributed by atoms with Gasteiger partial charge in [0.05, 0.1) is 6.42 Å². The van der Waals surface area contributed by atoms with Crippen molar-refractivity contribution in [3.05, 3.63) is 46.5 Å². The molecule has 2 amide bonds. The number of carbonyl (C=O) groups excluding carboxylic acids is 3. The van der Waals surface area contributed by atoms with Crippen LogP contribution in [0.5, 0.6) is 0 Å². The van der Waals surface area contributed by atoms with E-state index < -0.39 is 17.8 Å². The maximum Gasteiger partial charge on any atom is 0.310 e. The lowest BCUT2D eigenvalue weighted by molar-refractivity contribution is -0.144. The van der Waals surface area contributed by atoms with Gasteiger partial charge in [-0.3, -0.25) is 19.7 Å². The van der Waals surface area contributed by atoms with Gasteiger partial charge >= 0.3 is 5.97 Å². The summed E-state index contributed by atoms with van der Waals surface area (Å²) in [5.41, 5.74) is 3.57. The Morgan fingerprint density at radius 2 is 1.83 bits per heavy atom. The topological polar surface area (TPSA) is 72.5 Å². The number of benzene rings is 1. The third-order valence-electron chi connectivity index (χ3n) is 3.99. The summed E-state index contributed by atoms with van der Waals surface area (Å²) in [5.74, 6) is -0.832. The predicted molar refractivity (Wildman–Crippen MR) is 90.3 cm³/mol. The molecule has 1 aromatic carbocycles. The summed E-state index contributed by atoms with van der Waals surface area (Å²) >= 11 is 0. The number of rotatable bonds is 6. The Labute approximate surface area is 142 Å². The first-order valence-corrected chi connectivity index (χ1v) is 8.12. The van der Waals surface area contributed by atoms with Crippen LogP contribution in [0.4, 0.5) is 0 Å². The summed E-state index contributed by atoms with van der Waals surface area (Å²) < 4.78 is 5.33. The predicted octanol–water partition coefficient (Wildman–Crippen LogP) is 2.95. The van der Waals surface area contributed by atoms with E-state index in [0.29, 0.717) is 11.8 Å². The van der Waals surface area contributed by atoms with Gasteiger partial charge in [-0.15, -0.1) is 0 Å². The zero-order chi connectivity index (χ0) is 17.9. The van der Waals surface area contributed by atoms with Crippen LogP contribution in [-0.4, -0.2) is 17.8 Å². The van der Waals surface area contributed by atoms with Gasteiger partial charge in [-0.05, 0) is 28.5 Å². The smallest absolute Gasteiger partial charge is 0.310 e. The fourth-order valence-electron chi connectivity index (χ4n) is 2.91. The number of amides is 2. The Bertz CT molecular complexity index is 701. The molecule has 0 aliphatic carbocycles. The van der Waals surface area contributed by atoms with Gasteiger partial charge in [0.25, 0.3) is 11.8 Å². The number of carbonyl (C=O) groups is 3. The maximum atomic E-state index is 12.0. The van der Waals surface area contributed by atoms with E-state index >= 15 is 0 Å². The summed E-state index contributed by atoms with van der Waals surface area (Å²) in [5, 5.41) is 2.11. The molecular formula is C19H23NO4. The van der Waals surface area contributed by atoms with Crippen LogP contribution in [0.2, 0.25) is 0 Å². The van der Waals surface area contributed by atoms with Crippen molar-refractivity contribution < 1.29 is 19.1 Å². The van der Waals surface area contributed by atoms with Gasteiger partial charge in [-0.1, -0.05) is 45.9 Å². The van der Waals surface area contributed by atoms with Crippen LogP contribution in [0.25, 0.3) is 0 Å². The minimum Gasteiger partial charge on any atom is -0.461 e. The van der Waals surface area contributed by atoms with Crippen LogP contribution >= 0.6 is 0 Å². The lowest BCUT2D eigenvalue weighted by atomic mass is 9.87. The van der Waals surface area contributed by atoms with Gasteiger partial charge in [0.1, 0.15) is 6.61 Å². The van der Waals surface area contributed by atoms with Crippen LogP contribution in [0, 0.1) is 0 Å². The highest BCUT2D eigenvalue weighted by Gasteiger charge is 2.23. The van der Waals surface area contributed by atoms with E-state index in [1.54, 1.807) is 0 Å². The molecule has 1 aromatic rings. The molecule has 0 atom stereocenters. The zero-order valence-electron chi connectivity index (χ0n) is 14.5. The Hall–Kier alpha value is -2.43. The third-order valence-corrected chi connectivity index (χ3v) is 3.99. The van der Waals surface area contributed by atoms with E-state index in [0.717, 1.165) is 11.6 Å². The minimum absolute atomic E-state index is 0.144. The highest BCUT2D eigenvalue weighted by Crippen LogP contribution is 2.29. The molecule has 0 fully saturated rings. The monoisotopic (exact) mass is 329 g/mol. The molecular weight excluding hydrogens is 306 g/mol. The van der Waals surface area contributed by atoms with Crippen molar-refractivity contribution in [2.75, 3.05) is 0 Å². The highest BCUT2D eigenvalue weighted by molar-refractivity contribution is 6.17. The molecule has 128 valence electrons. The summed E-state index contributed by atoms with van der Waals surface area (Å²) in [6, 6.07) is 6.03. The standard InChI is InChI=1S/C19H23NO4/c1-11(2)15-7-5-6-13(18(15)12(3)4)10-24-17(22)9-14-8-16(21)20-19(14)23/h5-8,11-12H,9-10H2,1-4H3,(H,20,21,23). The van der Waals surface area contributed by atoms with E-state index in [1.165, 1.54) is 11.1 Å². The molecule has 0 spiro atoms. The summed E-state index contributed by atoms with van der Waals surface area (Å²) in [6.07, 6.45) is 0.945. The van der Waals surface area contributed by atoms with E-state index in [-0.39, 0.29) is 18.6 Å². The number of ether oxygens (including phenoxy) is 1. The van der Waals surface area contributed by atoms with Crippen molar-refractivity contribution >= 4 is 17.8 Å². The number of imide groups is 1. The molecule has 0 radical (unpaired) electrons. The molecule has 0 aromatic heterocycles. The van der Waals surface area contributed by atoms with Crippen molar-refractivity contribution in [1.82, 2.24) is 5.32 Å². The van der Waals surface area contributed by atoms with Crippen molar-refractivity contribution in [3.8, 4) is 0 Å².